The molecule has 0 unspecified atom stereocenters. The second-order valence-electron chi connectivity index (χ2n) is 6.01. The Balaban J connectivity index is 2.01. The molecule has 116 valence electrons. The Morgan fingerprint density at radius 3 is 2.43 bits per heavy atom. The molecule has 0 spiro atoms. The molecule has 1 saturated heterocycles. The van der Waals surface area contributed by atoms with Gasteiger partial charge in [-0.2, -0.15) is 0 Å². The van der Waals surface area contributed by atoms with Crippen LogP contribution in [0.3, 0.4) is 0 Å². The number of rotatable bonds is 3. The molecule has 1 aromatic rings. The average molecular weight is 296 g/mol. The minimum atomic E-state index is -0.782. The van der Waals surface area contributed by atoms with Crippen LogP contribution in [0.5, 0.6) is 5.75 Å². The fourth-order valence-corrected chi connectivity index (χ4v) is 2.54. The Bertz CT molecular complexity index is 500. The van der Waals surface area contributed by atoms with Gasteiger partial charge in [0.25, 0.3) is 5.91 Å². The lowest BCUT2D eigenvalue weighted by molar-refractivity contribution is 0.0177. The number of aromatic hydroxyl groups is 1. The number of carbonyl (C=O) groups excluding carboxylic acids is 1. The summed E-state index contributed by atoms with van der Waals surface area (Å²) in [6.07, 6.45) is 0. The van der Waals surface area contributed by atoms with Crippen molar-refractivity contribution in [3.63, 3.8) is 0 Å². The summed E-state index contributed by atoms with van der Waals surface area (Å²) in [4.78, 5) is 15.9. The molecule has 0 saturated carbocycles. The van der Waals surface area contributed by atoms with E-state index in [2.05, 4.69) is 4.90 Å². The van der Waals surface area contributed by atoms with Crippen LogP contribution in [0.4, 0.5) is 4.39 Å². The van der Waals surface area contributed by atoms with Gasteiger partial charge in [-0.15, -0.1) is 0 Å². The molecule has 1 fully saturated rings. The second-order valence-corrected chi connectivity index (χ2v) is 6.01. The third kappa shape index (κ3) is 3.92. The van der Waals surface area contributed by atoms with E-state index in [-0.39, 0.29) is 11.3 Å². The Morgan fingerprint density at radius 2 is 1.90 bits per heavy atom. The lowest BCUT2D eigenvalue weighted by Gasteiger charge is -2.37. The first-order valence-corrected chi connectivity index (χ1v) is 6.99. The number of phenolic OH excluding ortho intramolecular Hbond substituents is 1. The van der Waals surface area contributed by atoms with Gasteiger partial charge in [0.2, 0.25) is 0 Å². The summed E-state index contributed by atoms with van der Waals surface area (Å²) < 4.78 is 13.7. The number of aliphatic hydroxyl groups is 1. The molecule has 0 radical (unpaired) electrons. The molecule has 6 heteroatoms. The summed E-state index contributed by atoms with van der Waals surface area (Å²) in [5.41, 5.74) is -1.05. The highest BCUT2D eigenvalue weighted by Gasteiger charge is 2.28. The number of β-amino-alcohol motifs (C(OH)–C–C–N with tert-alkyl or cyclic N) is 1. The number of nitrogens with zero attached hydrogens (tertiary/aromatic N) is 2. The molecule has 0 bridgehead atoms. The van der Waals surface area contributed by atoms with Crippen LogP contribution in [0, 0.1) is 5.82 Å². The Kier molecular flexibility index (Phi) is 4.49. The summed E-state index contributed by atoms with van der Waals surface area (Å²) in [6, 6.07) is 3.83. The van der Waals surface area contributed by atoms with E-state index in [4.69, 9.17) is 0 Å². The largest absolute Gasteiger partial charge is 0.507 e. The van der Waals surface area contributed by atoms with Gasteiger partial charge in [-0.25, -0.2) is 4.39 Å². The molecule has 1 aliphatic heterocycles. The van der Waals surface area contributed by atoms with Crippen molar-refractivity contribution < 1.29 is 19.4 Å². The first-order chi connectivity index (χ1) is 9.78. The van der Waals surface area contributed by atoms with Gasteiger partial charge in [0.1, 0.15) is 17.1 Å². The van der Waals surface area contributed by atoms with Gasteiger partial charge in [0.15, 0.2) is 0 Å². The normalized spacial score (nSPS) is 17.0. The molecule has 0 aromatic heterocycles. The highest BCUT2D eigenvalue weighted by atomic mass is 19.1. The average Bonchev–Trinajstić information content (AvgIpc) is 2.37. The van der Waals surface area contributed by atoms with E-state index < -0.39 is 17.3 Å². The molecule has 2 rings (SSSR count). The minimum Gasteiger partial charge on any atom is -0.507 e. The van der Waals surface area contributed by atoms with Crippen LogP contribution < -0.4 is 0 Å². The van der Waals surface area contributed by atoms with Gasteiger partial charge in [-0.1, -0.05) is 6.07 Å². The van der Waals surface area contributed by atoms with Gasteiger partial charge in [-0.3, -0.25) is 9.69 Å². The monoisotopic (exact) mass is 296 g/mol. The maximum Gasteiger partial charge on any atom is 0.260 e. The fraction of sp³-hybridized carbons (Fsp3) is 0.533. The number of amides is 1. The lowest BCUT2D eigenvalue weighted by Crippen LogP contribution is -2.52. The topological polar surface area (TPSA) is 64.0 Å². The summed E-state index contributed by atoms with van der Waals surface area (Å²) in [5, 5.41) is 19.5. The van der Waals surface area contributed by atoms with E-state index >= 15 is 0 Å². The van der Waals surface area contributed by atoms with Crippen LogP contribution in [0.2, 0.25) is 0 Å². The van der Waals surface area contributed by atoms with Gasteiger partial charge in [-0.05, 0) is 26.0 Å². The maximum atomic E-state index is 13.7. The molecule has 1 aliphatic rings. The minimum absolute atomic E-state index is 0.270. The third-order valence-corrected chi connectivity index (χ3v) is 3.48. The van der Waals surface area contributed by atoms with E-state index in [0.717, 1.165) is 6.07 Å². The van der Waals surface area contributed by atoms with Crippen molar-refractivity contribution in [2.75, 3.05) is 32.7 Å². The lowest BCUT2D eigenvalue weighted by atomic mass is 10.1. The molecule has 1 amide bonds. The molecule has 2 N–H and O–H groups in total. The molecule has 1 heterocycles. The van der Waals surface area contributed by atoms with Crippen LogP contribution in [0.25, 0.3) is 0 Å². The van der Waals surface area contributed by atoms with Crippen molar-refractivity contribution in [2.45, 2.75) is 19.4 Å². The van der Waals surface area contributed by atoms with Gasteiger partial charge >= 0.3 is 0 Å². The molecule has 21 heavy (non-hydrogen) atoms. The number of hydrogen-bond acceptors (Lipinski definition) is 4. The number of hydrogen-bond donors (Lipinski definition) is 2. The highest BCUT2D eigenvalue weighted by molar-refractivity contribution is 5.97. The van der Waals surface area contributed by atoms with E-state index in [0.29, 0.717) is 32.7 Å². The van der Waals surface area contributed by atoms with Crippen molar-refractivity contribution in [3.05, 3.63) is 29.6 Å². The van der Waals surface area contributed by atoms with E-state index in [1.807, 2.05) is 0 Å². The van der Waals surface area contributed by atoms with Crippen molar-refractivity contribution >= 4 is 5.91 Å². The zero-order valence-electron chi connectivity index (χ0n) is 12.3. The molecular weight excluding hydrogens is 275 g/mol. The smallest absolute Gasteiger partial charge is 0.260 e. The number of phenols is 1. The zero-order chi connectivity index (χ0) is 15.6. The van der Waals surface area contributed by atoms with Crippen molar-refractivity contribution in [1.29, 1.82) is 0 Å². The Labute approximate surface area is 123 Å². The van der Waals surface area contributed by atoms with Crippen LogP contribution in [0.1, 0.15) is 24.2 Å². The van der Waals surface area contributed by atoms with Crippen LogP contribution in [-0.2, 0) is 0 Å². The molecule has 5 nitrogen and oxygen atoms in total. The van der Waals surface area contributed by atoms with Gasteiger partial charge in [0.05, 0.1) is 5.60 Å². The fourth-order valence-electron chi connectivity index (χ4n) is 2.54. The Morgan fingerprint density at radius 1 is 1.29 bits per heavy atom. The number of benzene rings is 1. The molecule has 0 aliphatic carbocycles. The van der Waals surface area contributed by atoms with E-state index in [9.17, 15) is 19.4 Å². The van der Waals surface area contributed by atoms with Crippen LogP contribution >= 0.6 is 0 Å². The summed E-state index contributed by atoms with van der Waals surface area (Å²) in [7, 11) is 0. The number of halogens is 1. The Hall–Kier alpha value is -1.66. The highest BCUT2D eigenvalue weighted by Crippen LogP contribution is 2.22. The van der Waals surface area contributed by atoms with Crippen LogP contribution in [0.15, 0.2) is 18.2 Å². The quantitative estimate of drug-likeness (QED) is 0.875. The van der Waals surface area contributed by atoms with Crippen molar-refractivity contribution in [3.8, 4) is 5.75 Å². The SMILES string of the molecule is CC(C)(O)CN1CCN(C(=O)c2c(O)cccc2F)CC1. The van der Waals surface area contributed by atoms with E-state index in [1.54, 1.807) is 13.8 Å². The standard InChI is InChI=1S/C15H21FN2O3/c1-15(2,21)10-17-6-8-18(9-7-17)14(20)13-11(16)4-3-5-12(13)19/h3-5,19,21H,6-10H2,1-2H3. The van der Waals surface area contributed by atoms with Gasteiger partial charge in [0, 0.05) is 32.7 Å². The van der Waals surface area contributed by atoms with Crippen LogP contribution in [-0.4, -0.2) is 64.2 Å². The molecular formula is C15H21FN2O3. The number of piperazine rings is 1. The second kappa shape index (κ2) is 5.99. The van der Waals surface area contributed by atoms with Crippen molar-refractivity contribution in [2.24, 2.45) is 0 Å². The van der Waals surface area contributed by atoms with Crippen molar-refractivity contribution in [1.82, 2.24) is 9.80 Å². The van der Waals surface area contributed by atoms with E-state index in [1.165, 1.54) is 17.0 Å². The zero-order valence-corrected chi connectivity index (χ0v) is 12.3. The first-order valence-electron chi connectivity index (χ1n) is 6.99. The van der Waals surface area contributed by atoms with Gasteiger partial charge < -0.3 is 15.1 Å². The predicted molar refractivity (Wildman–Crippen MR) is 76.7 cm³/mol. The summed E-state index contributed by atoms with van der Waals surface area (Å²) in [6.45, 7) is 6.13. The summed E-state index contributed by atoms with van der Waals surface area (Å²) >= 11 is 0. The number of carbonyl (C=O) groups is 1. The molecule has 1 aromatic carbocycles. The predicted octanol–water partition coefficient (Wildman–Crippen LogP) is 1.06. The maximum absolute atomic E-state index is 13.7. The third-order valence-electron chi connectivity index (χ3n) is 3.48. The molecule has 0 atom stereocenters. The first kappa shape index (κ1) is 15.7. The summed E-state index contributed by atoms with van der Waals surface area (Å²) in [5.74, 6) is -1.54.